The highest BCUT2D eigenvalue weighted by Gasteiger charge is 2.30. The zero-order valence-corrected chi connectivity index (χ0v) is 13.0. The smallest absolute Gasteiger partial charge is 0.0589 e. The summed E-state index contributed by atoms with van der Waals surface area (Å²) in [6.45, 7) is 8.61. The number of rotatable bonds is 6. The SMILES string of the molecule is CCC(C)C1CNC(c2ccccc2)CN1CCOC. The number of methoxy groups -OCH3 is 1. The lowest BCUT2D eigenvalue weighted by Gasteiger charge is -2.43. The normalized spacial score (nSPS) is 25.6. The average Bonchev–Trinajstić information content (AvgIpc) is 2.52. The molecule has 1 aliphatic heterocycles. The standard InChI is InChI=1S/C17H28N2O/c1-4-14(2)17-12-18-16(13-19(17)10-11-20-3)15-8-6-5-7-9-15/h5-9,14,16-18H,4,10-13H2,1-3H3. The Labute approximate surface area is 123 Å². The zero-order valence-electron chi connectivity index (χ0n) is 13.0. The molecule has 0 bridgehead atoms. The van der Waals surface area contributed by atoms with Gasteiger partial charge in [-0.25, -0.2) is 0 Å². The van der Waals surface area contributed by atoms with Crippen LogP contribution in [0.1, 0.15) is 31.9 Å². The molecule has 0 aromatic heterocycles. The van der Waals surface area contributed by atoms with Gasteiger partial charge in [-0.3, -0.25) is 4.90 Å². The monoisotopic (exact) mass is 276 g/mol. The third-order valence-electron chi connectivity index (χ3n) is 4.54. The van der Waals surface area contributed by atoms with Gasteiger partial charge in [-0.05, 0) is 11.5 Å². The Morgan fingerprint density at radius 2 is 2.10 bits per heavy atom. The number of nitrogens with one attached hydrogen (secondary N) is 1. The van der Waals surface area contributed by atoms with E-state index >= 15 is 0 Å². The Bertz CT molecular complexity index is 382. The van der Waals surface area contributed by atoms with Gasteiger partial charge in [0, 0.05) is 38.8 Å². The minimum Gasteiger partial charge on any atom is -0.383 e. The van der Waals surface area contributed by atoms with E-state index in [1.165, 1.54) is 12.0 Å². The van der Waals surface area contributed by atoms with E-state index in [0.29, 0.717) is 12.1 Å². The van der Waals surface area contributed by atoms with E-state index in [4.69, 9.17) is 4.74 Å². The van der Waals surface area contributed by atoms with Gasteiger partial charge in [-0.2, -0.15) is 0 Å². The van der Waals surface area contributed by atoms with Crippen LogP contribution >= 0.6 is 0 Å². The number of hydrogen-bond acceptors (Lipinski definition) is 3. The van der Waals surface area contributed by atoms with Gasteiger partial charge in [0.1, 0.15) is 0 Å². The fraction of sp³-hybridized carbons (Fsp3) is 0.647. The number of nitrogens with zero attached hydrogens (tertiary/aromatic N) is 1. The second-order valence-electron chi connectivity index (χ2n) is 5.81. The first kappa shape index (κ1) is 15.5. The maximum Gasteiger partial charge on any atom is 0.0589 e. The number of ether oxygens (including phenoxy) is 1. The predicted octanol–water partition coefficient (Wildman–Crippen LogP) is 2.69. The molecule has 1 fully saturated rings. The summed E-state index contributed by atoms with van der Waals surface area (Å²) in [7, 11) is 1.79. The summed E-state index contributed by atoms with van der Waals surface area (Å²) >= 11 is 0. The van der Waals surface area contributed by atoms with Gasteiger partial charge in [-0.1, -0.05) is 50.6 Å². The van der Waals surface area contributed by atoms with Crippen LogP contribution < -0.4 is 5.32 Å². The van der Waals surface area contributed by atoms with Crippen molar-refractivity contribution in [2.24, 2.45) is 5.92 Å². The molecular formula is C17H28N2O. The third-order valence-corrected chi connectivity index (χ3v) is 4.54. The predicted molar refractivity (Wildman–Crippen MR) is 83.9 cm³/mol. The first-order chi connectivity index (χ1) is 9.76. The Balaban J connectivity index is 2.04. The Morgan fingerprint density at radius 1 is 1.35 bits per heavy atom. The molecule has 0 radical (unpaired) electrons. The number of piperazine rings is 1. The third kappa shape index (κ3) is 3.81. The quantitative estimate of drug-likeness (QED) is 0.864. The molecule has 1 aromatic carbocycles. The molecule has 20 heavy (non-hydrogen) atoms. The van der Waals surface area contributed by atoms with Crippen LogP contribution in [0.4, 0.5) is 0 Å². The van der Waals surface area contributed by atoms with Crippen molar-refractivity contribution in [1.29, 1.82) is 0 Å². The van der Waals surface area contributed by atoms with E-state index in [-0.39, 0.29) is 0 Å². The molecule has 1 heterocycles. The molecule has 3 nitrogen and oxygen atoms in total. The van der Waals surface area contributed by atoms with Gasteiger partial charge in [0.05, 0.1) is 6.61 Å². The summed E-state index contributed by atoms with van der Waals surface area (Å²) in [5, 5.41) is 3.72. The van der Waals surface area contributed by atoms with Gasteiger partial charge in [0.15, 0.2) is 0 Å². The highest BCUT2D eigenvalue weighted by atomic mass is 16.5. The maximum absolute atomic E-state index is 5.29. The van der Waals surface area contributed by atoms with Crippen LogP contribution in [0.2, 0.25) is 0 Å². The van der Waals surface area contributed by atoms with Crippen LogP contribution in [0.15, 0.2) is 30.3 Å². The summed E-state index contributed by atoms with van der Waals surface area (Å²) < 4.78 is 5.29. The molecule has 0 saturated carbocycles. The largest absolute Gasteiger partial charge is 0.383 e. The topological polar surface area (TPSA) is 24.5 Å². The van der Waals surface area contributed by atoms with Crippen LogP contribution in [0.5, 0.6) is 0 Å². The van der Waals surface area contributed by atoms with Crippen molar-refractivity contribution in [3.05, 3.63) is 35.9 Å². The van der Waals surface area contributed by atoms with Crippen molar-refractivity contribution < 1.29 is 4.74 Å². The van der Waals surface area contributed by atoms with Crippen LogP contribution in [0.3, 0.4) is 0 Å². The van der Waals surface area contributed by atoms with E-state index in [2.05, 4.69) is 54.4 Å². The lowest BCUT2D eigenvalue weighted by Crippen LogP contribution is -2.55. The molecule has 3 unspecified atom stereocenters. The second-order valence-corrected chi connectivity index (χ2v) is 5.81. The molecule has 0 amide bonds. The van der Waals surface area contributed by atoms with Crippen LogP contribution in [0.25, 0.3) is 0 Å². The van der Waals surface area contributed by atoms with E-state index < -0.39 is 0 Å². The van der Waals surface area contributed by atoms with Crippen molar-refractivity contribution in [2.75, 3.05) is 33.4 Å². The molecule has 0 spiro atoms. The fourth-order valence-corrected chi connectivity index (χ4v) is 3.03. The Kier molecular flexibility index (Phi) is 6.02. The van der Waals surface area contributed by atoms with Crippen molar-refractivity contribution in [3.8, 4) is 0 Å². The summed E-state index contributed by atoms with van der Waals surface area (Å²) in [6, 6.07) is 11.8. The van der Waals surface area contributed by atoms with Crippen molar-refractivity contribution in [2.45, 2.75) is 32.4 Å². The summed E-state index contributed by atoms with van der Waals surface area (Å²) in [4.78, 5) is 2.60. The van der Waals surface area contributed by atoms with Crippen molar-refractivity contribution in [1.82, 2.24) is 10.2 Å². The van der Waals surface area contributed by atoms with E-state index in [1.807, 2.05) is 0 Å². The summed E-state index contributed by atoms with van der Waals surface area (Å²) in [5.74, 6) is 0.719. The zero-order chi connectivity index (χ0) is 14.4. The molecule has 3 heteroatoms. The first-order valence-electron chi connectivity index (χ1n) is 7.77. The van der Waals surface area contributed by atoms with Gasteiger partial charge in [0.25, 0.3) is 0 Å². The molecule has 1 aromatic rings. The lowest BCUT2D eigenvalue weighted by molar-refractivity contribution is 0.0611. The fourth-order valence-electron chi connectivity index (χ4n) is 3.03. The Morgan fingerprint density at radius 3 is 2.75 bits per heavy atom. The highest BCUT2D eigenvalue weighted by Crippen LogP contribution is 2.24. The van der Waals surface area contributed by atoms with Gasteiger partial charge in [-0.15, -0.1) is 0 Å². The lowest BCUT2D eigenvalue weighted by atomic mass is 9.93. The minimum atomic E-state index is 0.438. The second kappa shape index (κ2) is 7.77. The van der Waals surface area contributed by atoms with E-state index in [9.17, 15) is 0 Å². The van der Waals surface area contributed by atoms with E-state index in [0.717, 1.165) is 32.2 Å². The van der Waals surface area contributed by atoms with Gasteiger partial charge >= 0.3 is 0 Å². The number of hydrogen-bond donors (Lipinski definition) is 1. The Hall–Kier alpha value is -0.900. The molecular weight excluding hydrogens is 248 g/mol. The molecule has 112 valence electrons. The molecule has 1 N–H and O–H groups in total. The minimum absolute atomic E-state index is 0.438. The van der Waals surface area contributed by atoms with Gasteiger partial charge < -0.3 is 10.1 Å². The van der Waals surface area contributed by atoms with Crippen molar-refractivity contribution >= 4 is 0 Å². The average molecular weight is 276 g/mol. The summed E-state index contributed by atoms with van der Waals surface area (Å²) in [6.07, 6.45) is 1.23. The maximum atomic E-state index is 5.29. The van der Waals surface area contributed by atoms with E-state index in [1.54, 1.807) is 7.11 Å². The van der Waals surface area contributed by atoms with Gasteiger partial charge in [0.2, 0.25) is 0 Å². The molecule has 0 aliphatic carbocycles. The highest BCUT2D eigenvalue weighted by molar-refractivity contribution is 5.20. The molecule has 1 saturated heterocycles. The van der Waals surface area contributed by atoms with Crippen LogP contribution in [0, 0.1) is 5.92 Å². The molecule has 2 rings (SSSR count). The first-order valence-corrected chi connectivity index (χ1v) is 7.77. The number of benzene rings is 1. The van der Waals surface area contributed by atoms with Crippen LogP contribution in [-0.2, 0) is 4.74 Å². The molecule has 3 atom stereocenters. The van der Waals surface area contributed by atoms with Crippen molar-refractivity contribution in [3.63, 3.8) is 0 Å². The van der Waals surface area contributed by atoms with Crippen LogP contribution in [-0.4, -0.2) is 44.3 Å². The summed E-state index contributed by atoms with van der Waals surface area (Å²) in [5.41, 5.74) is 1.39. The molecule has 1 aliphatic rings.